The fraction of sp³-hybridized carbons (Fsp3) is 0.632. The predicted octanol–water partition coefficient (Wildman–Crippen LogP) is 2.32. The molecule has 2 aromatic rings. The van der Waals surface area contributed by atoms with Crippen LogP contribution in [0.4, 0.5) is 0 Å². The van der Waals surface area contributed by atoms with Crippen molar-refractivity contribution in [1.82, 2.24) is 24.2 Å². The zero-order chi connectivity index (χ0) is 18.7. The van der Waals surface area contributed by atoms with Crippen LogP contribution in [0.5, 0.6) is 0 Å². The van der Waals surface area contributed by atoms with Crippen molar-refractivity contribution in [2.45, 2.75) is 46.3 Å². The Bertz CT molecular complexity index is 737. The summed E-state index contributed by atoms with van der Waals surface area (Å²) in [6, 6.07) is 1.87. The fourth-order valence-electron chi connectivity index (χ4n) is 3.62. The second kappa shape index (κ2) is 8.03. The van der Waals surface area contributed by atoms with E-state index in [0.717, 1.165) is 50.4 Å². The largest absolute Gasteiger partial charge is 0.377 e. The zero-order valence-electron chi connectivity index (χ0n) is 16.2. The quantitative estimate of drug-likeness (QED) is 0.794. The van der Waals surface area contributed by atoms with Gasteiger partial charge in [-0.3, -0.25) is 9.48 Å². The average molecular weight is 359 g/mol. The molecular weight excluding hydrogens is 330 g/mol. The minimum absolute atomic E-state index is 0.0555. The van der Waals surface area contributed by atoms with Crippen molar-refractivity contribution in [1.29, 1.82) is 0 Å². The molecule has 0 aromatic carbocycles. The maximum Gasteiger partial charge on any atom is 0.274 e. The first-order valence-electron chi connectivity index (χ1n) is 9.29. The fourth-order valence-corrected chi connectivity index (χ4v) is 3.62. The lowest BCUT2D eigenvalue weighted by molar-refractivity contribution is 0.0677. The zero-order valence-corrected chi connectivity index (χ0v) is 16.2. The SMILES string of the molecule is COCc1ncc(C)n1CCC1CCN(C(=O)c2cc(C)n(C)n2)CC1. The van der Waals surface area contributed by atoms with E-state index in [0.29, 0.717) is 18.2 Å². The summed E-state index contributed by atoms with van der Waals surface area (Å²) in [5, 5.41) is 4.31. The van der Waals surface area contributed by atoms with E-state index < -0.39 is 0 Å². The number of piperidine rings is 1. The first kappa shape index (κ1) is 18.6. The van der Waals surface area contributed by atoms with Crippen LogP contribution in [-0.2, 0) is 24.9 Å². The number of hydrogen-bond acceptors (Lipinski definition) is 4. The maximum absolute atomic E-state index is 12.6. The van der Waals surface area contributed by atoms with Crippen molar-refractivity contribution in [3.8, 4) is 0 Å². The van der Waals surface area contributed by atoms with Gasteiger partial charge < -0.3 is 14.2 Å². The van der Waals surface area contributed by atoms with Crippen LogP contribution in [0.1, 0.15) is 47.0 Å². The number of likely N-dealkylation sites (tertiary alicyclic amines) is 1. The molecule has 3 heterocycles. The molecule has 0 N–H and O–H groups in total. The molecule has 0 spiro atoms. The van der Waals surface area contributed by atoms with Crippen LogP contribution in [0.2, 0.25) is 0 Å². The molecule has 0 atom stereocenters. The molecule has 7 heteroatoms. The third-order valence-electron chi connectivity index (χ3n) is 5.41. The molecule has 0 saturated carbocycles. The number of aromatic nitrogens is 4. The first-order valence-corrected chi connectivity index (χ1v) is 9.29. The van der Waals surface area contributed by atoms with Crippen molar-refractivity contribution in [3.05, 3.63) is 35.2 Å². The number of amides is 1. The standard InChI is InChI=1S/C19H29N5O2/c1-14-11-17(21-22(14)3)19(25)23-8-5-16(6-9-23)7-10-24-15(2)12-20-18(24)13-26-4/h11-12,16H,5-10,13H2,1-4H3. The highest BCUT2D eigenvalue weighted by Gasteiger charge is 2.25. The number of carbonyl (C=O) groups excluding carboxylic acids is 1. The van der Waals surface area contributed by atoms with E-state index in [1.165, 1.54) is 5.69 Å². The van der Waals surface area contributed by atoms with Crippen molar-refractivity contribution >= 4 is 5.91 Å². The number of hydrogen-bond donors (Lipinski definition) is 0. The monoisotopic (exact) mass is 359 g/mol. The third kappa shape index (κ3) is 3.98. The number of methoxy groups -OCH3 is 1. The van der Waals surface area contributed by atoms with E-state index in [1.807, 2.05) is 31.1 Å². The van der Waals surface area contributed by atoms with Gasteiger partial charge in [-0.05, 0) is 45.1 Å². The molecule has 0 unspecified atom stereocenters. The summed E-state index contributed by atoms with van der Waals surface area (Å²) in [6.07, 6.45) is 5.11. The van der Waals surface area contributed by atoms with Gasteiger partial charge in [0.05, 0.1) is 0 Å². The first-order chi connectivity index (χ1) is 12.5. The molecule has 0 aliphatic carbocycles. The molecule has 0 bridgehead atoms. The Labute approximate surface area is 155 Å². The van der Waals surface area contributed by atoms with E-state index in [-0.39, 0.29) is 5.91 Å². The van der Waals surface area contributed by atoms with Crippen LogP contribution in [0.25, 0.3) is 0 Å². The van der Waals surface area contributed by atoms with Gasteiger partial charge in [0.15, 0.2) is 5.69 Å². The van der Waals surface area contributed by atoms with Gasteiger partial charge in [0, 0.05) is 51.4 Å². The second-order valence-corrected chi connectivity index (χ2v) is 7.22. The lowest BCUT2D eigenvalue weighted by atomic mass is 9.93. The third-order valence-corrected chi connectivity index (χ3v) is 5.41. The molecule has 0 radical (unpaired) electrons. The number of imidazole rings is 1. The Balaban J connectivity index is 1.51. The smallest absolute Gasteiger partial charge is 0.274 e. The summed E-state index contributed by atoms with van der Waals surface area (Å²) in [7, 11) is 3.57. The normalized spacial score (nSPS) is 15.6. The molecule has 3 rings (SSSR count). The molecule has 1 aliphatic rings. The number of aryl methyl sites for hydroxylation is 3. The Kier molecular flexibility index (Phi) is 5.76. The van der Waals surface area contributed by atoms with E-state index in [9.17, 15) is 4.79 Å². The summed E-state index contributed by atoms with van der Waals surface area (Å²) in [5.74, 6) is 1.69. The van der Waals surface area contributed by atoms with Gasteiger partial charge in [-0.25, -0.2) is 4.98 Å². The highest BCUT2D eigenvalue weighted by Crippen LogP contribution is 2.23. The highest BCUT2D eigenvalue weighted by atomic mass is 16.5. The van der Waals surface area contributed by atoms with Crippen LogP contribution >= 0.6 is 0 Å². The van der Waals surface area contributed by atoms with Crippen LogP contribution in [0, 0.1) is 19.8 Å². The van der Waals surface area contributed by atoms with Crippen LogP contribution < -0.4 is 0 Å². The van der Waals surface area contributed by atoms with Crippen molar-refractivity contribution in [2.75, 3.05) is 20.2 Å². The van der Waals surface area contributed by atoms with Gasteiger partial charge in [-0.15, -0.1) is 0 Å². The molecule has 1 aliphatic heterocycles. The molecule has 7 nitrogen and oxygen atoms in total. The molecule has 1 amide bonds. The summed E-state index contributed by atoms with van der Waals surface area (Å²) < 4.78 is 9.23. The lowest BCUT2D eigenvalue weighted by Crippen LogP contribution is -2.39. The van der Waals surface area contributed by atoms with Crippen LogP contribution in [0.3, 0.4) is 0 Å². The maximum atomic E-state index is 12.6. The van der Waals surface area contributed by atoms with Crippen LogP contribution in [-0.4, -0.2) is 50.3 Å². The minimum Gasteiger partial charge on any atom is -0.377 e. The Morgan fingerprint density at radius 3 is 2.62 bits per heavy atom. The summed E-state index contributed by atoms with van der Waals surface area (Å²) in [5.41, 5.74) is 2.74. The number of rotatable bonds is 6. The van der Waals surface area contributed by atoms with Gasteiger partial charge in [-0.1, -0.05) is 0 Å². The van der Waals surface area contributed by atoms with Crippen molar-refractivity contribution in [2.24, 2.45) is 13.0 Å². The van der Waals surface area contributed by atoms with E-state index >= 15 is 0 Å². The summed E-state index contributed by atoms with van der Waals surface area (Å²) in [6.45, 7) is 7.18. The topological polar surface area (TPSA) is 65.2 Å². The predicted molar refractivity (Wildman–Crippen MR) is 98.9 cm³/mol. The van der Waals surface area contributed by atoms with Gasteiger partial charge in [0.1, 0.15) is 12.4 Å². The van der Waals surface area contributed by atoms with Gasteiger partial charge in [-0.2, -0.15) is 5.10 Å². The molecule has 2 aromatic heterocycles. The lowest BCUT2D eigenvalue weighted by Gasteiger charge is -2.31. The number of ether oxygens (including phenoxy) is 1. The van der Waals surface area contributed by atoms with E-state index in [4.69, 9.17) is 4.74 Å². The second-order valence-electron chi connectivity index (χ2n) is 7.22. The Hall–Kier alpha value is -2.15. The molecule has 26 heavy (non-hydrogen) atoms. The Morgan fingerprint density at radius 2 is 2.00 bits per heavy atom. The molecule has 142 valence electrons. The van der Waals surface area contributed by atoms with Gasteiger partial charge in [0.2, 0.25) is 0 Å². The highest BCUT2D eigenvalue weighted by molar-refractivity contribution is 5.92. The van der Waals surface area contributed by atoms with Crippen LogP contribution in [0.15, 0.2) is 12.3 Å². The number of carbonyl (C=O) groups is 1. The minimum atomic E-state index is 0.0555. The van der Waals surface area contributed by atoms with Crippen molar-refractivity contribution < 1.29 is 9.53 Å². The van der Waals surface area contributed by atoms with Crippen molar-refractivity contribution in [3.63, 3.8) is 0 Å². The summed E-state index contributed by atoms with van der Waals surface area (Å²) in [4.78, 5) is 19.0. The Morgan fingerprint density at radius 1 is 1.27 bits per heavy atom. The van der Waals surface area contributed by atoms with E-state index in [1.54, 1.807) is 11.8 Å². The van der Waals surface area contributed by atoms with E-state index in [2.05, 4.69) is 21.6 Å². The molecular formula is C19H29N5O2. The molecule has 1 saturated heterocycles. The average Bonchev–Trinajstić information content (AvgIpc) is 3.16. The number of nitrogens with zero attached hydrogens (tertiary/aromatic N) is 5. The molecule has 1 fully saturated rings. The van der Waals surface area contributed by atoms with Gasteiger partial charge in [0.25, 0.3) is 5.91 Å². The van der Waals surface area contributed by atoms with Gasteiger partial charge >= 0.3 is 0 Å². The summed E-state index contributed by atoms with van der Waals surface area (Å²) >= 11 is 0.